The summed E-state index contributed by atoms with van der Waals surface area (Å²) in [6, 6.07) is 22.2. The Hall–Kier alpha value is -2.96. The van der Waals surface area contributed by atoms with Gasteiger partial charge in [0.15, 0.2) is 0 Å². The highest BCUT2D eigenvalue weighted by atomic mass is 32.2. The summed E-state index contributed by atoms with van der Waals surface area (Å²) in [7, 11) is -0.698. The van der Waals surface area contributed by atoms with Gasteiger partial charge in [0.25, 0.3) is 5.91 Å². The van der Waals surface area contributed by atoms with Crippen molar-refractivity contribution in [1.29, 1.82) is 0 Å². The maximum Gasteiger partial charge on any atom is 0.252 e. The molecule has 1 amide bonds. The predicted molar refractivity (Wildman–Crippen MR) is 119 cm³/mol. The molecule has 0 saturated heterocycles. The Morgan fingerprint density at radius 3 is 1.83 bits per heavy atom. The van der Waals surface area contributed by atoms with Gasteiger partial charge in [0.05, 0.1) is 10.9 Å². The number of hydrogen-bond donors (Lipinski definition) is 1. The average Bonchev–Trinajstić information content (AvgIpc) is 2.74. The molecular formula is C24H26N2O3S. The zero-order valence-electron chi connectivity index (χ0n) is 17.6. The molecular weight excluding hydrogens is 396 g/mol. The van der Waals surface area contributed by atoms with Gasteiger partial charge in [-0.25, -0.2) is 12.7 Å². The average molecular weight is 423 g/mol. The molecule has 3 aromatic carbocycles. The number of amides is 1. The lowest BCUT2D eigenvalue weighted by atomic mass is 9.98. The molecule has 6 heteroatoms. The fourth-order valence-corrected chi connectivity index (χ4v) is 4.50. The molecule has 5 nitrogen and oxygen atoms in total. The second-order valence-electron chi connectivity index (χ2n) is 7.43. The van der Waals surface area contributed by atoms with Crippen molar-refractivity contribution in [3.05, 3.63) is 101 Å². The normalized spacial score (nSPS) is 11.7. The first-order valence-electron chi connectivity index (χ1n) is 9.66. The summed E-state index contributed by atoms with van der Waals surface area (Å²) in [5, 5.41) is 3.07. The smallest absolute Gasteiger partial charge is 0.252 e. The first-order valence-corrected chi connectivity index (χ1v) is 11.1. The van der Waals surface area contributed by atoms with Crippen LogP contribution in [-0.4, -0.2) is 32.7 Å². The summed E-state index contributed by atoms with van der Waals surface area (Å²) >= 11 is 0. The first kappa shape index (κ1) is 21.7. The second-order valence-corrected chi connectivity index (χ2v) is 9.55. The summed E-state index contributed by atoms with van der Waals surface area (Å²) < 4.78 is 26.6. The van der Waals surface area contributed by atoms with Crippen molar-refractivity contribution < 1.29 is 13.2 Å². The molecule has 0 aliphatic rings. The molecule has 156 valence electrons. The van der Waals surface area contributed by atoms with E-state index in [4.69, 9.17) is 0 Å². The SMILES string of the molecule is Cc1cc(C(=O)NC(c2ccccc2)c2ccccc2)cc(S(=O)(=O)N(C)C)c1C. The highest BCUT2D eigenvalue weighted by Gasteiger charge is 2.24. The van der Waals surface area contributed by atoms with Crippen molar-refractivity contribution in [2.45, 2.75) is 24.8 Å². The molecule has 0 unspecified atom stereocenters. The molecule has 3 rings (SSSR count). The van der Waals surface area contributed by atoms with Crippen LogP contribution in [0, 0.1) is 13.8 Å². The predicted octanol–water partition coefficient (Wildman–Crippen LogP) is 4.07. The van der Waals surface area contributed by atoms with E-state index in [1.807, 2.05) is 67.6 Å². The maximum absolute atomic E-state index is 13.2. The van der Waals surface area contributed by atoms with Crippen LogP contribution in [0.5, 0.6) is 0 Å². The second kappa shape index (κ2) is 8.81. The van der Waals surface area contributed by atoms with E-state index in [2.05, 4.69) is 5.32 Å². The number of rotatable bonds is 6. The number of nitrogens with zero attached hydrogens (tertiary/aromatic N) is 1. The minimum absolute atomic E-state index is 0.147. The first-order chi connectivity index (χ1) is 14.2. The zero-order valence-corrected chi connectivity index (χ0v) is 18.4. The molecule has 0 radical (unpaired) electrons. The maximum atomic E-state index is 13.2. The standard InChI is InChI=1S/C24H26N2O3S/c1-17-15-21(16-22(18(17)2)30(28,29)26(3)4)24(27)25-23(19-11-7-5-8-12-19)20-13-9-6-10-14-20/h5-16,23H,1-4H3,(H,25,27). The number of carbonyl (C=O) groups excluding carboxylic acids is 1. The van der Waals surface area contributed by atoms with Gasteiger partial charge in [-0.15, -0.1) is 0 Å². The number of aryl methyl sites for hydroxylation is 1. The van der Waals surface area contributed by atoms with Gasteiger partial charge in [0.1, 0.15) is 0 Å². The number of sulfonamides is 1. The van der Waals surface area contributed by atoms with Gasteiger partial charge in [0.2, 0.25) is 10.0 Å². The minimum atomic E-state index is -3.67. The van der Waals surface area contributed by atoms with E-state index in [1.165, 1.54) is 20.2 Å². The Labute approximate surface area is 178 Å². The Morgan fingerprint density at radius 2 is 1.37 bits per heavy atom. The van der Waals surface area contributed by atoms with E-state index in [9.17, 15) is 13.2 Å². The van der Waals surface area contributed by atoms with Crippen LogP contribution in [0.1, 0.15) is 38.7 Å². The molecule has 0 heterocycles. The molecule has 0 atom stereocenters. The summed E-state index contributed by atoms with van der Waals surface area (Å²) in [5.41, 5.74) is 3.60. The van der Waals surface area contributed by atoms with Crippen LogP contribution >= 0.6 is 0 Å². The molecule has 0 fully saturated rings. The molecule has 0 spiro atoms. The van der Waals surface area contributed by atoms with Crippen LogP contribution < -0.4 is 5.32 Å². The summed E-state index contributed by atoms with van der Waals surface area (Å²) in [5.74, 6) is -0.328. The van der Waals surface area contributed by atoms with Crippen LogP contribution in [0.4, 0.5) is 0 Å². The highest BCUT2D eigenvalue weighted by molar-refractivity contribution is 7.89. The van der Waals surface area contributed by atoms with Crippen LogP contribution in [0.2, 0.25) is 0 Å². The molecule has 1 N–H and O–H groups in total. The lowest BCUT2D eigenvalue weighted by Crippen LogP contribution is -2.30. The number of nitrogens with one attached hydrogen (secondary N) is 1. The quantitative estimate of drug-likeness (QED) is 0.651. The number of benzene rings is 3. The van der Waals surface area contributed by atoms with Crippen molar-refractivity contribution >= 4 is 15.9 Å². The Morgan fingerprint density at radius 1 is 0.867 bits per heavy atom. The summed E-state index contributed by atoms with van der Waals surface area (Å²) in [4.78, 5) is 13.3. The van der Waals surface area contributed by atoms with E-state index < -0.39 is 10.0 Å². The Balaban J connectivity index is 2.02. The van der Waals surface area contributed by atoms with Gasteiger partial charge in [-0.3, -0.25) is 4.79 Å². The third kappa shape index (κ3) is 4.45. The van der Waals surface area contributed by atoms with Gasteiger partial charge in [-0.1, -0.05) is 60.7 Å². The van der Waals surface area contributed by atoms with Crippen LogP contribution in [0.3, 0.4) is 0 Å². The summed E-state index contributed by atoms with van der Waals surface area (Å²) in [6.45, 7) is 3.57. The van der Waals surface area contributed by atoms with Gasteiger partial charge in [-0.2, -0.15) is 0 Å². The lowest BCUT2D eigenvalue weighted by Gasteiger charge is -2.21. The molecule has 0 bridgehead atoms. The van der Waals surface area contributed by atoms with Gasteiger partial charge in [0, 0.05) is 19.7 Å². The van der Waals surface area contributed by atoms with Crippen LogP contribution in [0.15, 0.2) is 77.7 Å². The zero-order chi connectivity index (χ0) is 21.9. The fourth-order valence-electron chi connectivity index (χ4n) is 3.29. The van der Waals surface area contributed by atoms with Gasteiger partial charge in [-0.05, 0) is 48.2 Å². The largest absolute Gasteiger partial charge is 0.341 e. The molecule has 0 aliphatic heterocycles. The van der Waals surface area contributed by atoms with Crippen molar-refractivity contribution in [3.8, 4) is 0 Å². The van der Waals surface area contributed by atoms with E-state index in [0.29, 0.717) is 11.1 Å². The van der Waals surface area contributed by atoms with Crippen LogP contribution in [-0.2, 0) is 10.0 Å². The van der Waals surface area contributed by atoms with E-state index in [1.54, 1.807) is 13.0 Å². The van der Waals surface area contributed by atoms with E-state index in [-0.39, 0.29) is 16.8 Å². The number of carbonyl (C=O) groups is 1. The van der Waals surface area contributed by atoms with Crippen molar-refractivity contribution in [2.75, 3.05) is 14.1 Å². The third-order valence-corrected chi connectivity index (χ3v) is 7.12. The minimum Gasteiger partial charge on any atom is -0.341 e. The molecule has 3 aromatic rings. The van der Waals surface area contributed by atoms with Crippen molar-refractivity contribution in [2.24, 2.45) is 0 Å². The Bertz CT molecular complexity index is 1100. The van der Waals surface area contributed by atoms with E-state index in [0.717, 1.165) is 21.0 Å². The molecule has 0 aromatic heterocycles. The van der Waals surface area contributed by atoms with E-state index >= 15 is 0 Å². The van der Waals surface area contributed by atoms with Gasteiger partial charge >= 0.3 is 0 Å². The fraction of sp³-hybridized carbons (Fsp3) is 0.208. The Kier molecular flexibility index (Phi) is 6.39. The number of hydrogen-bond acceptors (Lipinski definition) is 3. The monoisotopic (exact) mass is 422 g/mol. The topological polar surface area (TPSA) is 66.5 Å². The molecule has 0 aliphatic carbocycles. The highest BCUT2D eigenvalue weighted by Crippen LogP contribution is 2.26. The summed E-state index contributed by atoms with van der Waals surface area (Å²) in [6.07, 6.45) is 0. The van der Waals surface area contributed by atoms with Crippen molar-refractivity contribution in [1.82, 2.24) is 9.62 Å². The van der Waals surface area contributed by atoms with Crippen LogP contribution in [0.25, 0.3) is 0 Å². The lowest BCUT2D eigenvalue weighted by molar-refractivity contribution is 0.0942. The van der Waals surface area contributed by atoms with Crippen molar-refractivity contribution in [3.63, 3.8) is 0 Å². The third-order valence-electron chi connectivity index (χ3n) is 5.18. The van der Waals surface area contributed by atoms with Gasteiger partial charge < -0.3 is 5.32 Å². The molecule has 30 heavy (non-hydrogen) atoms. The molecule has 0 saturated carbocycles.